The van der Waals surface area contributed by atoms with Crippen LogP contribution in [0, 0.1) is 5.82 Å². The Hall–Kier alpha value is -1.96. The Morgan fingerprint density at radius 3 is 2.96 bits per heavy atom. The molecule has 1 atom stereocenters. The lowest BCUT2D eigenvalue weighted by molar-refractivity contribution is -0.0213. The first-order valence-corrected chi connectivity index (χ1v) is 8.02. The monoisotopic (exact) mass is 335 g/mol. The molecule has 1 fully saturated rings. The van der Waals surface area contributed by atoms with E-state index in [1.165, 1.54) is 12.3 Å². The van der Waals surface area contributed by atoms with Gasteiger partial charge in [-0.05, 0) is 19.1 Å². The molecule has 1 aliphatic heterocycles. The molecule has 6 nitrogen and oxygen atoms in total. The standard InChI is InChI=1S/C17H22FN3O3/c1-17(23,11-21-5-7-24-8-6-21)10-20-16(22)12-9-19-14-4-2-3-13(18)15(12)14/h2-4,9,19,23H,5-8,10-11H2,1H3,(H,20,22). The highest BCUT2D eigenvalue weighted by Crippen LogP contribution is 2.21. The summed E-state index contributed by atoms with van der Waals surface area (Å²) in [6, 6.07) is 4.62. The molecule has 3 rings (SSSR count). The number of hydrogen-bond acceptors (Lipinski definition) is 4. The number of nitrogens with one attached hydrogen (secondary N) is 2. The molecule has 0 saturated carbocycles. The van der Waals surface area contributed by atoms with E-state index in [0.29, 0.717) is 25.3 Å². The van der Waals surface area contributed by atoms with Gasteiger partial charge in [0.15, 0.2) is 0 Å². The van der Waals surface area contributed by atoms with E-state index >= 15 is 0 Å². The fourth-order valence-electron chi connectivity index (χ4n) is 2.98. The maximum atomic E-state index is 14.0. The number of carbonyl (C=O) groups excluding carboxylic acids is 1. The summed E-state index contributed by atoms with van der Waals surface area (Å²) in [5.41, 5.74) is -0.261. The second kappa shape index (κ2) is 6.88. The summed E-state index contributed by atoms with van der Waals surface area (Å²) in [6.07, 6.45) is 1.49. The number of aromatic nitrogens is 1. The molecule has 1 amide bonds. The fraction of sp³-hybridized carbons (Fsp3) is 0.471. The zero-order valence-electron chi connectivity index (χ0n) is 13.6. The number of morpholine rings is 1. The molecular formula is C17H22FN3O3. The van der Waals surface area contributed by atoms with E-state index < -0.39 is 17.3 Å². The number of nitrogens with zero attached hydrogens (tertiary/aromatic N) is 1. The Labute approximate surface area is 139 Å². The molecule has 0 aliphatic carbocycles. The largest absolute Gasteiger partial charge is 0.387 e. The first-order valence-electron chi connectivity index (χ1n) is 8.02. The highest BCUT2D eigenvalue weighted by Gasteiger charge is 2.26. The van der Waals surface area contributed by atoms with Crippen molar-refractivity contribution in [3.8, 4) is 0 Å². The second-order valence-electron chi connectivity index (χ2n) is 6.43. The molecule has 1 unspecified atom stereocenters. The van der Waals surface area contributed by atoms with Crippen LogP contribution in [0.25, 0.3) is 10.9 Å². The minimum atomic E-state index is -1.07. The lowest BCUT2D eigenvalue weighted by Crippen LogP contribution is -2.51. The summed E-state index contributed by atoms with van der Waals surface area (Å²) >= 11 is 0. The Balaban J connectivity index is 1.63. The molecule has 1 aromatic heterocycles. The van der Waals surface area contributed by atoms with Gasteiger partial charge in [0.1, 0.15) is 5.82 Å². The predicted octanol–water partition coefficient (Wildman–Crippen LogP) is 1.12. The van der Waals surface area contributed by atoms with Crippen molar-refractivity contribution in [2.24, 2.45) is 0 Å². The van der Waals surface area contributed by atoms with Crippen molar-refractivity contribution >= 4 is 16.8 Å². The van der Waals surface area contributed by atoms with Crippen molar-refractivity contribution in [3.63, 3.8) is 0 Å². The number of aromatic amines is 1. The quantitative estimate of drug-likeness (QED) is 0.765. The van der Waals surface area contributed by atoms with Gasteiger partial charge in [-0.3, -0.25) is 9.69 Å². The highest BCUT2D eigenvalue weighted by atomic mass is 19.1. The Morgan fingerprint density at radius 1 is 1.46 bits per heavy atom. The number of fused-ring (bicyclic) bond motifs is 1. The molecule has 0 bridgehead atoms. The van der Waals surface area contributed by atoms with E-state index in [2.05, 4.69) is 15.2 Å². The number of carbonyl (C=O) groups is 1. The minimum Gasteiger partial charge on any atom is -0.387 e. The van der Waals surface area contributed by atoms with Crippen LogP contribution < -0.4 is 5.32 Å². The number of rotatable bonds is 5. The molecule has 2 aromatic rings. The Bertz CT molecular complexity index is 723. The SMILES string of the molecule is CC(O)(CNC(=O)c1c[nH]c2cccc(F)c12)CN1CCOCC1. The van der Waals surface area contributed by atoms with E-state index in [4.69, 9.17) is 4.74 Å². The van der Waals surface area contributed by atoms with Crippen LogP contribution >= 0.6 is 0 Å². The van der Waals surface area contributed by atoms with Gasteiger partial charge >= 0.3 is 0 Å². The predicted molar refractivity (Wildman–Crippen MR) is 88.5 cm³/mol. The van der Waals surface area contributed by atoms with Crippen molar-refractivity contribution in [1.82, 2.24) is 15.2 Å². The van der Waals surface area contributed by atoms with Crippen molar-refractivity contribution in [3.05, 3.63) is 35.8 Å². The Morgan fingerprint density at radius 2 is 2.21 bits per heavy atom. The van der Waals surface area contributed by atoms with Crippen molar-refractivity contribution < 1.29 is 19.0 Å². The van der Waals surface area contributed by atoms with Crippen LogP contribution in [-0.4, -0.2) is 65.9 Å². The van der Waals surface area contributed by atoms with Crippen LogP contribution in [0.5, 0.6) is 0 Å². The van der Waals surface area contributed by atoms with Crippen LogP contribution in [-0.2, 0) is 4.74 Å². The average molecular weight is 335 g/mol. The molecule has 7 heteroatoms. The highest BCUT2D eigenvalue weighted by molar-refractivity contribution is 6.06. The third kappa shape index (κ3) is 3.75. The number of hydrogen-bond donors (Lipinski definition) is 3. The van der Waals surface area contributed by atoms with Crippen LogP contribution in [0.4, 0.5) is 4.39 Å². The van der Waals surface area contributed by atoms with Crippen LogP contribution in [0.1, 0.15) is 17.3 Å². The third-order valence-electron chi connectivity index (χ3n) is 4.20. The summed E-state index contributed by atoms with van der Waals surface area (Å²) < 4.78 is 19.2. The number of benzene rings is 1. The third-order valence-corrected chi connectivity index (χ3v) is 4.20. The molecule has 1 aromatic carbocycles. The van der Waals surface area contributed by atoms with Crippen molar-refractivity contribution in [2.75, 3.05) is 39.4 Å². The lowest BCUT2D eigenvalue weighted by Gasteiger charge is -2.33. The topological polar surface area (TPSA) is 77.6 Å². The second-order valence-corrected chi connectivity index (χ2v) is 6.43. The number of ether oxygens (including phenoxy) is 1. The van der Waals surface area contributed by atoms with Gasteiger partial charge in [0, 0.05) is 43.3 Å². The summed E-state index contributed by atoms with van der Waals surface area (Å²) in [6.45, 7) is 5.03. The summed E-state index contributed by atoms with van der Waals surface area (Å²) in [4.78, 5) is 17.4. The van der Waals surface area contributed by atoms with Gasteiger partial charge < -0.3 is 20.1 Å². The first-order chi connectivity index (χ1) is 11.5. The van der Waals surface area contributed by atoms with Crippen molar-refractivity contribution in [2.45, 2.75) is 12.5 Å². The number of aliphatic hydroxyl groups is 1. The van der Waals surface area contributed by atoms with Gasteiger partial charge in [-0.25, -0.2) is 4.39 Å². The van der Waals surface area contributed by atoms with Gasteiger partial charge in [0.2, 0.25) is 0 Å². The van der Waals surface area contributed by atoms with Gasteiger partial charge in [-0.1, -0.05) is 6.07 Å². The van der Waals surface area contributed by atoms with E-state index in [1.807, 2.05) is 0 Å². The van der Waals surface area contributed by atoms with E-state index in [0.717, 1.165) is 13.1 Å². The Kier molecular flexibility index (Phi) is 4.84. The minimum absolute atomic E-state index is 0.0876. The van der Waals surface area contributed by atoms with Gasteiger partial charge in [0.25, 0.3) is 5.91 Å². The molecule has 130 valence electrons. The molecule has 24 heavy (non-hydrogen) atoms. The van der Waals surface area contributed by atoms with Crippen LogP contribution in [0.3, 0.4) is 0 Å². The van der Waals surface area contributed by atoms with E-state index in [-0.39, 0.29) is 17.5 Å². The number of amides is 1. The van der Waals surface area contributed by atoms with Gasteiger partial charge in [-0.15, -0.1) is 0 Å². The molecule has 1 saturated heterocycles. The molecule has 0 spiro atoms. The lowest BCUT2D eigenvalue weighted by atomic mass is 10.1. The smallest absolute Gasteiger partial charge is 0.253 e. The van der Waals surface area contributed by atoms with E-state index in [1.54, 1.807) is 19.1 Å². The molecule has 1 aliphatic rings. The summed E-state index contributed by atoms with van der Waals surface area (Å²) in [5.74, 6) is -0.854. The number of β-amino-alcohol motifs (C(OH)–C–C–N with tert-alkyl or cyclic N) is 1. The number of halogens is 1. The zero-order chi connectivity index (χ0) is 17.2. The normalized spacial score (nSPS) is 18.5. The average Bonchev–Trinajstić information content (AvgIpc) is 2.99. The summed E-state index contributed by atoms with van der Waals surface area (Å²) in [5, 5.41) is 13.5. The van der Waals surface area contributed by atoms with Crippen LogP contribution in [0.2, 0.25) is 0 Å². The molecule has 2 heterocycles. The molecule has 3 N–H and O–H groups in total. The fourth-order valence-corrected chi connectivity index (χ4v) is 2.98. The molecular weight excluding hydrogens is 313 g/mol. The maximum absolute atomic E-state index is 14.0. The maximum Gasteiger partial charge on any atom is 0.253 e. The summed E-state index contributed by atoms with van der Waals surface area (Å²) in [7, 11) is 0. The zero-order valence-corrected chi connectivity index (χ0v) is 13.6. The molecule has 0 radical (unpaired) electrons. The van der Waals surface area contributed by atoms with Crippen molar-refractivity contribution in [1.29, 1.82) is 0 Å². The first kappa shape index (κ1) is 16.9. The number of H-pyrrole nitrogens is 1. The van der Waals surface area contributed by atoms with Gasteiger partial charge in [-0.2, -0.15) is 0 Å². The van der Waals surface area contributed by atoms with Gasteiger partial charge in [0.05, 0.1) is 24.4 Å². The van der Waals surface area contributed by atoms with E-state index in [9.17, 15) is 14.3 Å². The van der Waals surface area contributed by atoms with Crippen LogP contribution in [0.15, 0.2) is 24.4 Å².